The second kappa shape index (κ2) is 6.32. The topological polar surface area (TPSA) is 55.7 Å². The molecule has 2 rings (SSSR count). The minimum absolute atomic E-state index is 0.0590. The standard InChI is InChI=1S/C19H24ClNO3/c1-18(2,3)16(22)13-14(11-7-9-12(20)10-8-11)21-24-15(13)17(23)19(4,5)6/h7-10,13,15H,1-6H3. The summed E-state index contributed by atoms with van der Waals surface area (Å²) in [5.74, 6) is -0.896. The molecule has 0 saturated carbocycles. The van der Waals surface area contributed by atoms with Gasteiger partial charge in [0.05, 0.1) is 0 Å². The summed E-state index contributed by atoms with van der Waals surface area (Å²) < 4.78 is 0. The van der Waals surface area contributed by atoms with Crippen LogP contribution in [0.4, 0.5) is 0 Å². The molecule has 1 heterocycles. The Morgan fingerprint density at radius 2 is 1.46 bits per heavy atom. The fraction of sp³-hybridized carbons (Fsp3) is 0.526. The van der Waals surface area contributed by atoms with Gasteiger partial charge < -0.3 is 4.84 Å². The van der Waals surface area contributed by atoms with E-state index >= 15 is 0 Å². The van der Waals surface area contributed by atoms with E-state index in [9.17, 15) is 9.59 Å². The van der Waals surface area contributed by atoms with E-state index in [2.05, 4.69) is 5.16 Å². The number of rotatable bonds is 3. The van der Waals surface area contributed by atoms with E-state index in [1.807, 2.05) is 41.5 Å². The van der Waals surface area contributed by atoms with E-state index in [1.54, 1.807) is 24.3 Å². The number of benzene rings is 1. The normalized spacial score (nSPS) is 21.2. The number of ketones is 2. The van der Waals surface area contributed by atoms with Gasteiger partial charge in [-0.15, -0.1) is 0 Å². The van der Waals surface area contributed by atoms with Crippen LogP contribution in [-0.4, -0.2) is 23.4 Å². The number of hydrogen-bond donors (Lipinski definition) is 0. The average molecular weight is 350 g/mol. The number of oxime groups is 1. The molecule has 0 radical (unpaired) electrons. The highest BCUT2D eigenvalue weighted by molar-refractivity contribution is 6.30. The van der Waals surface area contributed by atoms with Crippen molar-refractivity contribution >= 4 is 28.9 Å². The summed E-state index contributed by atoms with van der Waals surface area (Å²) in [4.78, 5) is 31.2. The lowest BCUT2D eigenvalue weighted by atomic mass is 9.73. The van der Waals surface area contributed by atoms with Crippen molar-refractivity contribution in [1.82, 2.24) is 0 Å². The van der Waals surface area contributed by atoms with E-state index in [0.717, 1.165) is 5.56 Å². The van der Waals surface area contributed by atoms with Crippen LogP contribution in [0.2, 0.25) is 5.02 Å². The molecule has 4 nitrogen and oxygen atoms in total. The summed E-state index contributed by atoms with van der Waals surface area (Å²) in [6.07, 6.45) is -0.887. The molecule has 24 heavy (non-hydrogen) atoms. The van der Waals surface area contributed by atoms with E-state index in [1.165, 1.54) is 0 Å². The fourth-order valence-electron chi connectivity index (χ4n) is 2.58. The van der Waals surface area contributed by atoms with Gasteiger partial charge in [0.2, 0.25) is 6.10 Å². The van der Waals surface area contributed by atoms with Crippen LogP contribution in [0.5, 0.6) is 0 Å². The molecule has 0 aromatic heterocycles. The second-order valence-corrected chi connectivity index (χ2v) is 8.65. The van der Waals surface area contributed by atoms with Gasteiger partial charge in [-0.3, -0.25) is 9.59 Å². The molecule has 0 saturated heterocycles. The molecular formula is C19H24ClNO3. The Morgan fingerprint density at radius 1 is 0.958 bits per heavy atom. The van der Waals surface area contributed by atoms with Crippen LogP contribution in [0, 0.1) is 16.7 Å². The van der Waals surface area contributed by atoms with Gasteiger partial charge in [-0.25, -0.2) is 0 Å². The lowest BCUT2D eigenvalue weighted by Crippen LogP contribution is -2.45. The van der Waals surface area contributed by atoms with Crippen molar-refractivity contribution < 1.29 is 14.4 Å². The van der Waals surface area contributed by atoms with Gasteiger partial charge in [-0.1, -0.05) is 70.4 Å². The van der Waals surface area contributed by atoms with Crippen LogP contribution in [-0.2, 0) is 14.4 Å². The fourth-order valence-corrected chi connectivity index (χ4v) is 2.71. The first-order chi connectivity index (χ1) is 10.9. The molecule has 1 aliphatic rings. The first-order valence-electron chi connectivity index (χ1n) is 8.01. The quantitative estimate of drug-likeness (QED) is 0.817. The lowest BCUT2D eigenvalue weighted by molar-refractivity contribution is -0.144. The summed E-state index contributed by atoms with van der Waals surface area (Å²) >= 11 is 5.94. The van der Waals surface area contributed by atoms with Gasteiger partial charge in [0.1, 0.15) is 11.6 Å². The maximum absolute atomic E-state index is 13.0. The van der Waals surface area contributed by atoms with E-state index in [-0.39, 0.29) is 11.6 Å². The molecule has 5 heteroatoms. The number of hydrogen-bond acceptors (Lipinski definition) is 4. The van der Waals surface area contributed by atoms with Gasteiger partial charge in [0.25, 0.3) is 0 Å². The number of carbonyl (C=O) groups is 2. The van der Waals surface area contributed by atoms with Gasteiger partial charge in [0.15, 0.2) is 11.6 Å². The Morgan fingerprint density at radius 3 is 1.92 bits per heavy atom. The third-order valence-corrected chi connectivity index (χ3v) is 4.27. The Kier molecular flexibility index (Phi) is 4.91. The molecule has 2 atom stereocenters. The summed E-state index contributed by atoms with van der Waals surface area (Å²) in [5, 5.41) is 4.70. The second-order valence-electron chi connectivity index (χ2n) is 8.22. The molecule has 0 spiro atoms. The molecule has 0 bridgehead atoms. The summed E-state index contributed by atoms with van der Waals surface area (Å²) in [7, 11) is 0. The van der Waals surface area contributed by atoms with Crippen molar-refractivity contribution in [2.75, 3.05) is 0 Å². The highest BCUT2D eigenvalue weighted by atomic mass is 35.5. The minimum Gasteiger partial charge on any atom is -0.383 e. The number of nitrogens with zero attached hydrogens (tertiary/aromatic N) is 1. The molecular weight excluding hydrogens is 326 g/mol. The van der Waals surface area contributed by atoms with Gasteiger partial charge in [-0.05, 0) is 12.1 Å². The van der Waals surface area contributed by atoms with E-state index in [4.69, 9.17) is 16.4 Å². The van der Waals surface area contributed by atoms with Crippen molar-refractivity contribution in [3.63, 3.8) is 0 Å². The predicted octanol–water partition coefficient (Wildman–Crippen LogP) is 4.29. The Hall–Kier alpha value is -1.68. The van der Waals surface area contributed by atoms with Crippen LogP contribution in [0.3, 0.4) is 0 Å². The van der Waals surface area contributed by atoms with Crippen molar-refractivity contribution in [3.8, 4) is 0 Å². The predicted molar refractivity (Wildman–Crippen MR) is 95.3 cm³/mol. The lowest BCUT2D eigenvalue weighted by Gasteiger charge is -2.28. The zero-order chi connectivity index (χ0) is 18.3. The minimum atomic E-state index is -0.887. The van der Waals surface area contributed by atoms with Crippen molar-refractivity contribution in [1.29, 1.82) is 0 Å². The summed E-state index contributed by atoms with van der Waals surface area (Å²) in [6, 6.07) is 7.04. The Labute approximate surface area is 148 Å². The molecule has 0 amide bonds. The highest BCUT2D eigenvalue weighted by Gasteiger charge is 2.49. The summed E-state index contributed by atoms with van der Waals surface area (Å²) in [6.45, 7) is 11.0. The van der Waals surface area contributed by atoms with E-state index in [0.29, 0.717) is 10.7 Å². The van der Waals surface area contributed by atoms with Gasteiger partial charge in [-0.2, -0.15) is 0 Å². The van der Waals surface area contributed by atoms with Crippen LogP contribution in [0.25, 0.3) is 0 Å². The molecule has 130 valence electrons. The Bertz CT molecular complexity index is 678. The Balaban J connectivity index is 2.46. The first-order valence-corrected chi connectivity index (χ1v) is 8.39. The molecule has 0 N–H and O–H groups in total. The molecule has 1 aliphatic heterocycles. The van der Waals surface area contributed by atoms with Crippen LogP contribution < -0.4 is 0 Å². The van der Waals surface area contributed by atoms with Crippen molar-refractivity contribution in [2.24, 2.45) is 21.9 Å². The third-order valence-electron chi connectivity index (χ3n) is 4.02. The van der Waals surface area contributed by atoms with Gasteiger partial charge >= 0.3 is 0 Å². The number of carbonyl (C=O) groups excluding carboxylic acids is 2. The van der Waals surface area contributed by atoms with Gasteiger partial charge in [0, 0.05) is 21.4 Å². The molecule has 0 fully saturated rings. The maximum atomic E-state index is 13.0. The number of Topliss-reactive ketones (excluding diaryl/α,β-unsaturated/α-hetero) is 2. The average Bonchev–Trinajstić information content (AvgIpc) is 2.88. The largest absolute Gasteiger partial charge is 0.383 e. The SMILES string of the molecule is CC(C)(C)C(=O)C1ON=C(c2ccc(Cl)cc2)C1C(=O)C(C)(C)C. The summed E-state index contributed by atoms with van der Waals surface area (Å²) in [5.41, 5.74) is 0.00833. The van der Waals surface area contributed by atoms with Crippen LogP contribution >= 0.6 is 11.6 Å². The monoisotopic (exact) mass is 349 g/mol. The van der Waals surface area contributed by atoms with Crippen molar-refractivity contribution in [3.05, 3.63) is 34.9 Å². The van der Waals surface area contributed by atoms with Crippen molar-refractivity contribution in [2.45, 2.75) is 47.6 Å². The molecule has 0 aliphatic carbocycles. The van der Waals surface area contributed by atoms with E-state index < -0.39 is 22.9 Å². The molecule has 1 aromatic rings. The maximum Gasteiger partial charge on any atom is 0.201 e. The van der Waals surface area contributed by atoms with Crippen LogP contribution in [0.1, 0.15) is 47.1 Å². The highest BCUT2D eigenvalue weighted by Crippen LogP contribution is 2.34. The third kappa shape index (κ3) is 3.69. The first kappa shape index (κ1) is 18.7. The molecule has 1 aromatic carbocycles. The molecule has 2 unspecified atom stereocenters. The zero-order valence-electron chi connectivity index (χ0n) is 15.0. The smallest absolute Gasteiger partial charge is 0.201 e. The van der Waals surface area contributed by atoms with Crippen LogP contribution in [0.15, 0.2) is 29.4 Å². The zero-order valence-corrected chi connectivity index (χ0v) is 15.8. The number of halogens is 1.